The Morgan fingerprint density at radius 2 is 1.78 bits per heavy atom. The van der Waals surface area contributed by atoms with E-state index in [1.807, 2.05) is 13.0 Å². The Labute approximate surface area is 162 Å². The summed E-state index contributed by atoms with van der Waals surface area (Å²) >= 11 is 0. The number of hydrogen-bond acceptors (Lipinski definition) is 3. The number of ether oxygens (including phenoxy) is 3. The minimum Gasteiger partial charge on any atom is -0.441 e. The van der Waals surface area contributed by atoms with Gasteiger partial charge in [-0.05, 0) is 104 Å². The molecule has 0 saturated heterocycles. The predicted molar refractivity (Wildman–Crippen MR) is 106 cm³/mol. The highest BCUT2D eigenvalue weighted by atomic mass is 16.8. The van der Waals surface area contributed by atoms with Crippen LogP contribution >= 0.6 is 0 Å². The molecular weight excluding hydrogens is 336 g/mol. The molecule has 6 rings (SSSR count). The van der Waals surface area contributed by atoms with E-state index in [1.165, 1.54) is 54.9 Å². The predicted octanol–water partition coefficient (Wildman–Crippen LogP) is 5.45. The summed E-state index contributed by atoms with van der Waals surface area (Å²) in [5.41, 5.74) is 1.63. The lowest BCUT2D eigenvalue weighted by molar-refractivity contribution is -0.231. The van der Waals surface area contributed by atoms with Crippen molar-refractivity contribution in [1.29, 1.82) is 0 Å². The van der Waals surface area contributed by atoms with E-state index < -0.39 is 6.48 Å². The lowest BCUT2D eigenvalue weighted by Crippen LogP contribution is -2.48. The molecule has 4 fully saturated rings. The lowest BCUT2D eigenvalue weighted by Gasteiger charge is -2.57. The Balaban J connectivity index is 1.60. The van der Waals surface area contributed by atoms with E-state index in [1.54, 1.807) is 7.11 Å². The van der Waals surface area contributed by atoms with Crippen molar-refractivity contribution >= 4 is 10.8 Å². The van der Waals surface area contributed by atoms with Crippen molar-refractivity contribution < 1.29 is 14.2 Å². The van der Waals surface area contributed by atoms with E-state index in [4.69, 9.17) is 14.2 Å². The highest BCUT2D eigenvalue weighted by Gasteiger charge is 2.52. The molecule has 0 N–H and O–H groups in total. The maximum atomic E-state index is 6.28. The summed E-state index contributed by atoms with van der Waals surface area (Å²) < 4.78 is 17.3. The summed E-state index contributed by atoms with van der Waals surface area (Å²) in [5, 5.41) is 2.43. The smallest absolute Gasteiger partial charge is 0.315 e. The Morgan fingerprint density at radius 3 is 2.41 bits per heavy atom. The van der Waals surface area contributed by atoms with Gasteiger partial charge in [0, 0.05) is 12.7 Å². The minimum absolute atomic E-state index is 0.263. The Bertz CT molecular complexity index is 792. The molecule has 1 atom stereocenters. The molecule has 2 aromatic rings. The van der Waals surface area contributed by atoms with E-state index >= 15 is 0 Å². The third kappa shape index (κ3) is 3.05. The zero-order valence-electron chi connectivity index (χ0n) is 16.4. The second-order valence-corrected chi connectivity index (χ2v) is 8.92. The first-order chi connectivity index (χ1) is 13.2. The maximum Gasteiger partial charge on any atom is 0.315 e. The van der Waals surface area contributed by atoms with Crippen LogP contribution in [0.25, 0.3) is 10.8 Å². The van der Waals surface area contributed by atoms with Crippen molar-refractivity contribution in [3.63, 3.8) is 0 Å². The molecule has 1 unspecified atom stereocenters. The molecule has 143 valence electrons. The fourth-order valence-electron chi connectivity index (χ4n) is 6.50. The van der Waals surface area contributed by atoms with Crippen LogP contribution in [0.5, 0.6) is 5.75 Å². The summed E-state index contributed by atoms with van der Waals surface area (Å²) in [6.45, 7) is 1.87. The summed E-state index contributed by atoms with van der Waals surface area (Å²) in [4.78, 5) is 0. The second kappa shape index (κ2) is 6.79. The van der Waals surface area contributed by atoms with E-state index in [-0.39, 0.29) is 5.41 Å². The molecule has 4 bridgehead atoms. The molecule has 0 aliphatic heterocycles. The van der Waals surface area contributed by atoms with Gasteiger partial charge in [0.2, 0.25) is 0 Å². The van der Waals surface area contributed by atoms with Gasteiger partial charge in [0.25, 0.3) is 0 Å². The van der Waals surface area contributed by atoms with Gasteiger partial charge in [-0.25, -0.2) is 0 Å². The maximum absolute atomic E-state index is 6.28. The van der Waals surface area contributed by atoms with Crippen molar-refractivity contribution in [1.82, 2.24) is 0 Å². The van der Waals surface area contributed by atoms with Gasteiger partial charge in [0.1, 0.15) is 5.75 Å². The Hall–Kier alpha value is -1.58. The summed E-state index contributed by atoms with van der Waals surface area (Å²) in [6, 6.07) is 14.0. The summed E-state index contributed by atoms with van der Waals surface area (Å²) in [7, 11) is 1.64. The fourth-order valence-corrected chi connectivity index (χ4v) is 6.50. The molecular formula is C24H29O3. The molecule has 4 aliphatic rings. The molecule has 4 saturated carbocycles. The van der Waals surface area contributed by atoms with Crippen LogP contribution in [-0.4, -0.2) is 20.2 Å². The van der Waals surface area contributed by atoms with E-state index in [0.717, 1.165) is 23.5 Å². The topological polar surface area (TPSA) is 27.7 Å². The van der Waals surface area contributed by atoms with Crippen molar-refractivity contribution in [3.8, 4) is 5.75 Å². The van der Waals surface area contributed by atoms with E-state index in [9.17, 15) is 0 Å². The van der Waals surface area contributed by atoms with Crippen LogP contribution in [0.4, 0.5) is 0 Å². The van der Waals surface area contributed by atoms with Crippen molar-refractivity contribution in [2.24, 2.45) is 17.8 Å². The van der Waals surface area contributed by atoms with Crippen LogP contribution in [0.15, 0.2) is 30.3 Å². The number of benzene rings is 2. The average Bonchev–Trinajstić information content (AvgIpc) is 2.66. The number of hydrogen-bond donors (Lipinski definition) is 0. The monoisotopic (exact) mass is 365 g/mol. The zero-order chi connectivity index (χ0) is 18.4. The van der Waals surface area contributed by atoms with Crippen molar-refractivity contribution in [3.05, 3.63) is 42.0 Å². The molecule has 4 aliphatic carbocycles. The third-order valence-electron chi connectivity index (χ3n) is 7.11. The van der Waals surface area contributed by atoms with Gasteiger partial charge < -0.3 is 14.2 Å². The number of fused-ring (bicyclic) bond motifs is 1. The first kappa shape index (κ1) is 17.5. The number of methoxy groups -OCH3 is 1. The SMILES string of the molecule is CCOC(OC)Oc1cc2cc[c]cc2cc1C12CC3CC(CC(C3)C1)C2. The molecule has 1 radical (unpaired) electrons. The second-order valence-electron chi connectivity index (χ2n) is 8.92. The molecule has 2 aromatic carbocycles. The lowest BCUT2D eigenvalue weighted by atomic mass is 9.48. The molecule has 0 amide bonds. The van der Waals surface area contributed by atoms with Crippen molar-refractivity contribution in [2.45, 2.75) is 57.3 Å². The van der Waals surface area contributed by atoms with Gasteiger partial charge in [-0.1, -0.05) is 12.1 Å². The Morgan fingerprint density at radius 1 is 1.07 bits per heavy atom. The summed E-state index contributed by atoms with van der Waals surface area (Å²) in [5.74, 6) is 3.63. The van der Waals surface area contributed by atoms with Gasteiger partial charge in [-0.2, -0.15) is 0 Å². The Kier molecular flexibility index (Phi) is 4.40. The zero-order valence-corrected chi connectivity index (χ0v) is 16.4. The van der Waals surface area contributed by atoms with Gasteiger partial charge >= 0.3 is 6.48 Å². The first-order valence-electron chi connectivity index (χ1n) is 10.4. The van der Waals surface area contributed by atoms with Crippen LogP contribution in [0, 0.1) is 23.8 Å². The molecule has 27 heavy (non-hydrogen) atoms. The highest BCUT2D eigenvalue weighted by Crippen LogP contribution is 2.62. The van der Waals surface area contributed by atoms with Crippen LogP contribution in [0.1, 0.15) is 51.0 Å². The van der Waals surface area contributed by atoms with E-state index in [2.05, 4.69) is 30.3 Å². The molecule has 0 spiro atoms. The molecule has 3 nitrogen and oxygen atoms in total. The quantitative estimate of drug-likeness (QED) is 0.637. The standard InChI is InChI=1S/C24H29O3/c1-3-26-23(25-2)27-22-12-20-7-5-4-6-19(20)11-21(22)24-13-16-8-17(14-24)10-18(9-16)15-24/h5-7,11-12,16-18,23H,3,8-10,13-15H2,1-2H3. The minimum atomic E-state index is -0.657. The number of rotatable bonds is 6. The largest absolute Gasteiger partial charge is 0.441 e. The van der Waals surface area contributed by atoms with Gasteiger partial charge in [0.05, 0.1) is 6.61 Å². The van der Waals surface area contributed by atoms with E-state index in [0.29, 0.717) is 6.61 Å². The molecule has 3 heteroatoms. The van der Waals surface area contributed by atoms with Gasteiger partial charge in [0.15, 0.2) is 0 Å². The van der Waals surface area contributed by atoms with Crippen molar-refractivity contribution in [2.75, 3.05) is 13.7 Å². The highest BCUT2D eigenvalue weighted by molar-refractivity contribution is 5.85. The van der Waals surface area contributed by atoms with Crippen LogP contribution in [-0.2, 0) is 14.9 Å². The van der Waals surface area contributed by atoms with Crippen LogP contribution < -0.4 is 4.74 Å². The van der Waals surface area contributed by atoms with Gasteiger partial charge in [-0.3, -0.25) is 0 Å². The first-order valence-corrected chi connectivity index (χ1v) is 10.4. The molecule has 0 heterocycles. The average molecular weight is 365 g/mol. The normalized spacial score (nSPS) is 32.7. The van der Waals surface area contributed by atoms with Crippen LogP contribution in [0.2, 0.25) is 0 Å². The van der Waals surface area contributed by atoms with Gasteiger partial charge in [-0.15, -0.1) is 0 Å². The molecule has 0 aromatic heterocycles. The fraction of sp³-hybridized carbons (Fsp3) is 0.583. The third-order valence-corrected chi connectivity index (χ3v) is 7.11. The summed E-state index contributed by atoms with van der Waals surface area (Å²) in [6.07, 6.45) is 8.25. The van der Waals surface area contributed by atoms with Crippen LogP contribution in [0.3, 0.4) is 0 Å².